The van der Waals surface area contributed by atoms with Crippen LogP contribution in [-0.4, -0.2) is 52.4 Å². The molecule has 0 aromatic rings. The van der Waals surface area contributed by atoms with Crippen LogP contribution in [0.2, 0.25) is 0 Å². The van der Waals surface area contributed by atoms with Gasteiger partial charge in [-0.25, -0.2) is 0 Å². The Bertz CT molecular complexity index is 299. The van der Waals surface area contributed by atoms with Crippen LogP contribution in [0, 0.1) is 11.8 Å². The molecule has 6 nitrogen and oxygen atoms in total. The fraction of sp³-hybridized carbons (Fsp3) is 0.857. The van der Waals surface area contributed by atoms with E-state index in [1.165, 1.54) is 7.11 Å². The van der Waals surface area contributed by atoms with Crippen molar-refractivity contribution in [1.29, 1.82) is 0 Å². The summed E-state index contributed by atoms with van der Waals surface area (Å²) in [6, 6.07) is 0. The van der Waals surface area contributed by atoms with E-state index in [4.69, 9.17) is 4.74 Å². The number of ether oxygens (including phenoxy) is 2. The molecule has 0 aromatic heterocycles. The molecule has 0 heterocycles. The first kappa shape index (κ1) is 22.7. The van der Waals surface area contributed by atoms with Gasteiger partial charge in [0.1, 0.15) is 0 Å². The molecule has 0 spiro atoms. The summed E-state index contributed by atoms with van der Waals surface area (Å²) in [7, 11) is 3.08. The molecular weight excluding hydrogens is 385 g/mol. The fourth-order valence-corrected chi connectivity index (χ4v) is 1.42. The molecule has 0 rings (SSSR count). The number of halogens is 1. The normalized spacial score (nSPS) is 12.6. The molecule has 0 aliphatic carbocycles. The number of nitrogens with one attached hydrogen (secondary N) is 2. The number of hydrogen-bond donors (Lipinski definition) is 2. The topological polar surface area (TPSA) is 72.0 Å². The molecule has 1 atom stereocenters. The van der Waals surface area contributed by atoms with Crippen LogP contribution in [0.1, 0.15) is 27.2 Å². The van der Waals surface area contributed by atoms with Crippen molar-refractivity contribution >= 4 is 35.9 Å². The molecule has 0 amide bonds. The lowest BCUT2D eigenvalue weighted by Gasteiger charge is -2.14. The van der Waals surface area contributed by atoms with E-state index in [0.29, 0.717) is 31.6 Å². The highest BCUT2D eigenvalue weighted by molar-refractivity contribution is 14.0. The molecular formula is C14H30IN3O3. The summed E-state index contributed by atoms with van der Waals surface area (Å²) in [5, 5.41) is 6.21. The molecule has 126 valence electrons. The van der Waals surface area contributed by atoms with E-state index in [-0.39, 0.29) is 35.9 Å². The number of esters is 1. The largest absolute Gasteiger partial charge is 0.469 e. The van der Waals surface area contributed by atoms with Crippen molar-refractivity contribution in [1.82, 2.24) is 10.6 Å². The Morgan fingerprint density at radius 2 is 1.86 bits per heavy atom. The average Bonchev–Trinajstić information content (AvgIpc) is 2.44. The number of nitrogens with zero attached hydrogens (tertiary/aromatic N) is 1. The average molecular weight is 415 g/mol. The molecule has 0 saturated carbocycles. The lowest BCUT2D eigenvalue weighted by atomic mass is 10.1. The van der Waals surface area contributed by atoms with Gasteiger partial charge in [0.25, 0.3) is 0 Å². The zero-order valence-electron chi connectivity index (χ0n) is 13.8. The lowest BCUT2D eigenvalue weighted by Crippen LogP contribution is -2.42. The predicted octanol–water partition coefficient (Wildman–Crippen LogP) is 1.64. The lowest BCUT2D eigenvalue weighted by molar-refractivity contribution is -0.144. The third-order valence-electron chi connectivity index (χ3n) is 2.78. The van der Waals surface area contributed by atoms with Gasteiger partial charge in [0.2, 0.25) is 0 Å². The third-order valence-corrected chi connectivity index (χ3v) is 2.78. The maximum atomic E-state index is 11.3. The summed E-state index contributed by atoms with van der Waals surface area (Å²) in [6.45, 7) is 8.75. The summed E-state index contributed by atoms with van der Waals surface area (Å²) < 4.78 is 10.2. The number of methoxy groups -OCH3 is 1. The second-order valence-electron chi connectivity index (χ2n) is 5.10. The minimum absolute atomic E-state index is 0. The summed E-state index contributed by atoms with van der Waals surface area (Å²) in [5.74, 6) is 0.885. The van der Waals surface area contributed by atoms with Gasteiger partial charge in [-0.05, 0) is 12.3 Å². The molecule has 0 aliphatic heterocycles. The van der Waals surface area contributed by atoms with Gasteiger partial charge in [-0.15, -0.1) is 24.0 Å². The third kappa shape index (κ3) is 12.9. The van der Waals surface area contributed by atoms with E-state index < -0.39 is 0 Å². The smallest absolute Gasteiger partial charge is 0.310 e. The summed E-state index contributed by atoms with van der Waals surface area (Å²) in [5.41, 5.74) is 0. The zero-order chi connectivity index (χ0) is 15.4. The van der Waals surface area contributed by atoms with E-state index in [1.807, 2.05) is 0 Å². The first-order chi connectivity index (χ1) is 9.51. The van der Waals surface area contributed by atoms with E-state index in [1.54, 1.807) is 14.0 Å². The van der Waals surface area contributed by atoms with Crippen LogP contribution in [-0.2, 0) is 14.3 Å². The van der Waals surface area contributed by atoms with Crippen molar-refractivity contribution in [2.75, 3.05) is 40.5 Å². The molecule has 0 fully saturated rings. The Kier molecular flexibility index (Phi) is 15.5. The number of carbonyl (C=O) groups excluding carboxylic acids is 1. The van der Waals surface area contributed by atoms with Crippen molar-refractivity contribution in [2.45, 2.75) is 27.2 Å². The molecule has 0 saturated heterocycles. The molecule has 0 bridgehead atoms. The van der Waals surface area contributed by atoms with Crippen LogP contribution in [0.5, 0.6) is 0 Å². The van der Waals surface area contributed by atoms with Crippen molar-refractivity contribution in [2.24, 2.45) is 16.8 Å². The van der Waals surface area contributed by atoms with Crippen LogP contribution < -0.4 is 10.6 Å². The standard InChI is InChI=1S/C14H29N3O3.HI/c1-11(2)6-8-20-9-7-16-14(15-4)17-10-12(3)13(18)19-5;/h11-12H,6-10H2,1-5H3,(H2,15,16,17);1H. The van der Waals surface area contributed by atoms with Gasteiger partial charge in [-0.1, -0.05) is 20.8 Å². The highest BCUT2D eigenvalue weighted by Gasteiger charge is 2.12. The highest BCUT2D eigenvalue weighted by atomic mass is 127. The number of carbonyl (C=O) groups is 1. The number of guanidine groups is 1. The Hall–Kier alpha value is -0.570. The number of rotatable bonds is 9. The zero-order valence-corrected chi connectivity index (χ0v) is 16.1. The van der Waals surface area contributed by atoms with E-state index >= 15 is 0 Å². The van der Waals surface area contributed by atoms with Gasteiger partial charge < -0.3 is 20.1 Å². The molecule has 0 aromatic carbocycles. The van der Waals surface area contributed by atoms with Crippen molar-refractivity contribution in [3.05, 3.63) is 0 Å². The van der Waals surface area contributed by atoms with Crippen LogP contribution in [0.4, 0.5) is 0 Å². The maximum absolute atomic E-state index is 11.3. The van der Waals surface area contributed by atoms with E-state index in [0.717, 1.165) is 13.0 Å². The maximum Gasteiger partial charge on any atom is 0.310 e. The first-order valence-corrected chi connectivity index (χ1v) is 7.11. The van der Waals surface area contributed by atoms with Crippen LogP contribution in [0.3, 0.4) is 0 Å². The van der Waals surface area contributed by atoms with E-state index in [2.05, 4.69) is 34.2 Å². The minimum Gasteiger partial charge on any atom is -0.469 e. The number of aliphatic imine (C=N–C) groups is 1. The molecule has 0 radical (unpaired) electrons. The Labute approximate surface area is 145 Å². The van der Waals surface area contributed by atoms with Crippen molar-refractivity contribution in [3.8, 4) is 0 Å². The number of hydrogen-bond acceptors (Lipinski definition) is 4. The van der Waals surface area contributed by atoms with Crippen LogP contribution in [0.15, 0.2) is 4.99 Å². The summed E-state index contributed by atoms with van der Waals surface area (Å²) >= 11 is 0. The Morgan fingerprint density at radius 3 is 2.38 bits per heavy atom. The first-order valence-electron chi connectivity index (χ1n) is 7.11. The van der Waals surface area contributed by atoms with Crippen LogP contribution >= 0.6 is 24.0 Å². The van der Waals surface area contributed by atoms with Gasteiger partial charge in [0.15, 0.2) is 5.96 Å². The second kappa shape index (κ2) is 14.4. The van der Waals surface area contributed by atoms with Gasteiger partial charge in [-0.2, -0.15) is 0 Å². The summed E-state index contributed by atoms with van der Waals surface area (Å²) in [6.07, 6.45) is 1.07. The molecule has 2 N–H and O–H groups in total. The molecule has 7 heteroatoms. The van der Waals surface area contributed by atoms with Crippen molar-refractivity contribution in [3.63, 3.8) is 0 Å². The van der Waals surface area contributed by atoms with E-state index in [9.17, 15) is 4.79 Å². The quantitative estimate of drug-likeness (QED) is 0.197. The van der Waals surface area contributed by atoms with Gasteiger partial charge in [0, 0.05) is 26.7 Å². The minimum atomic E-state index is -0.232. The highest BCUT2D eigenvalue weighted by Crippen LogP contribution is 1.98. The van der Waals surface area contributed by atoms with Crippen LogP contribution in [0.25, 0.3) is 0 Å². The Morgan fingerprint density at radius 1 is 1.19 bits per heavy atom. The molecule has 21 heavy (non-hydrogen) atoms. The molecule has 1 unspecified atom stereocenters. The molecule has 0 aliphatic rings. The Balaban J connectivity index is 0. The summed E-state index contributed by atoms with van der Waals surface area (Å²) in [4.78, 5) is 15.3. The van der Waals surface area contributed by atoms with Gasteiger partial charge >= 0.3 is 5.97 Å². The fourth-order valence-electron chi connectivity index (χ4n) is 1.42. The second-order valence-corrected chi connectivity index (χ2v) is 5.10. The van der Waals surface area contributed by atoms with Crippen molar-refractivity contribution < 1.29 is 14.3 Å². The predicted molar refractivity (Wildman–Crippen MR) is 96.2 cm³/mol. The monoisotopic (exact) mass is 415 g/mol. The van der Waals surface area contributed by atoms with Gasteiger partial charge in [0.05, 0.1) is 19.6 Å². The SMILES string of the molecule is CN=C(NCCOCCC(C)C)NCC(C)C(=O)OC.I. The van der Waals surface area contributed by atoms with Gasteiger partial charge in [-0.3, -0.25) is 9.79 Å².